The zero-order valence-electron chi connectivity index (χ0n) is 13.9. The maximum atomic E-state index is 13.4. The molecule has 0 aliphatic carbocycles. The van der Waals surface area contributed by atoms with Crippen molar-refractivity contribution in [3.8, 4) is 0 Å². The van der Waals surface area contributed by atoms with Crippen LogP contribution in [0, 0.1) is 5.82 Å². The molecule has 25 heavy (non-hydrogen) atoms. The summed E-state index contributed by atoms with van der Waals surface area (Å²) in [5.74, 6) is -0.434. The van der Waals surface area contributed by atoms with E-state index in [0.717, 1.165) is 5.56 Å². The third-order valence-electron chi connectivity index (χ3n) is 4.30. The van der Waals surface area contributed by atoms with Gasteiger partial charge >= 0.3 is 0 Å². The quantitative estimate of drug-likeness (QED) is 0.783. The van der Waals surface area contributed by atoms with E-state index >= 15 is 0 Å². The molecule has 3 rings (SSSR count). The number of halogens is 1. The fourth-order valence-electron chi connectivity index (χ4n) is 2.93. The molecule has 0 unspecified atom stereocenters. The van der Waals surface area contributed by atoms with Gasteiger partial charge in [-0.05, 0) is 17.7 Å². The molecule has 130 valence electrons. The second kappa shape index (κ2) is 8.03. The van der Waals surface area contributed by atoms with Crippen LogP contribution < -0.4 is 0 Å². The first-order valence-corrected chi connectivity index (χ1v) is 8.36. The van der Waals surface area contributed by atoms with E-state index in [-0.39, 0.29) is 36.5 Å². The number of ether oxygens (including phenoxy) is 1. The molecule has 5 heteroatoms. The highest BCUT2D eigenvalue weighted by Gasteiger charge is 2.25. The first-order chi connectivity index (χ1) is 12.1. The molecule has 1 aliphatic heterocycles. The van der Waals surface area contributed by atoms with Crippen molar-refractivity contribution in [1.29, 1.82) is 0 Å². The Bertz CT molecular complexity index is 748. The molecule has 1 fully saturated rings. The van der Waals surface area contributed by atoms with Gasteiger partial charge in [-0.25, -0.2) is 4.39 Å². The lowest BCUT2D eigenvalue weighted by Crippen LogP contribution is -2.42. The molecule has 0 N–H and O–H groups in total. The SMILES string of the molecule is O=C(CCC(=O)N1CCO[C@@H](c2cccc(F)c2)C1)c1ccccc1. The van der Waals surface area contributed by atoms with E-state index in [9.17, 15) is 14.0 Å². The maximum Gasteiger partial charge on any atom is 0.223 e. The van der Waals surface area contributed by atoms with Crippen LogP contribution in [0.3, 0.4) is 0 Å². The van der Waals surface area contributed by atoms with Crippen molar-refractivity contribution >= 4 is 11.7 Å². The number of hydrogen-bond acceptors (Lipinski definition) is 3. The van der Waals surface area contributed by atoms with Crippen LogP contribution in [-0.2, 0) is 9.53 Å². The normalized spacial score (nSPS) is 17.3. The van der Waals surface area contributed by atoms with Crippen LogP contribution in [0.1, 0.15) is 34.9 Å². The van der Waals surface area contributed by atoms with Crippen LogP contribution >= 0.6 is 0 Å². The van der Waals surface area contributed by atoms with Crippen molar-refractivity contribution in [2.75, 3.05) is 19.7 Å². The van der Waals surface area contributed by atoms with Gasteiger partial charge in [0, 0.05) is 24.9 Å². The van der Waals surface area contributed by atoms with Gasteiger partial charge in [0.2, 0.25) is 5.91 Å². The smallest absolute Gasteiger partial charge is 0.223 e. The number of morpholine rings is 1. The molecule has 0 saturated carbocycles. The molecule has 0 aromatic heterocycles. The molecule has 1 aliphatic rings. The molecule has 1 amide bonds. The molecule has 1 heterocycles. The minimum Gasteiger partial charge on any atom is -0.370 e. The van der Waals surface area contributed by atoms with E-state index in [1.165, 1.54) is 12.1 Å². The molecule has 2 aromatic carbocycles. The van der Waals surface area contributed by atoms with Crippen LogP contribution in [0.5, 0.6) is 0 Å². The highest BCUT2D eigenvalue weighted by atomic mass is 19.1. The van der Waals surface area contributed by atoms with Gasteiger partial charge in [-0.3, -0.25) is 9.59 Å². The Morgan fingerprint density at radius 2 is 1.88 bits per heavy atom. The Morgan fingerprint density at radius 1 is 1.08 bits per heavy atom. The third kappa shape index (κ3) is 4.51. The highest BCUT2D eigenvalue weighted by Crippen LogP contribution is 2.23. The first-order valence-electron chi connectivity index (χ1n) is 8.36. The Labute approximate surface area is 146 Å². The van der Waals surface area contributed by atoms with Crippen molar-refractivity contribution in [2.45, 2.75) is 18.9 Å². The molecule has 0 spiro atoms. The first kappa shape index (κ1) is 17.3. The van der Waals surface area contributed by atoms with Crippen molar-refractivity contribution in [2.24, 2.45) is 0 Å². The lowest BCUT2D eigenvalue weighted by atomic mass is 10.1. The predicted molar refractivity (Wildman–Crippen MR) is 91.7 cm³/mol. The lowest BCUT2D eigenvalue weighted by Gasteiger charge is -2.33. The van der Waals surface area contributed by atoms with Gasteiger partial charge in [-0.2, -0.15) is 0 Å². The Balaban J connectivity index is 1.56. The summed E-state index contributed by atoms with van der Waals surface area (Å²) in [7, 11) is 0. The zero-order chi connectivity index (χ0) is 17.6. The van der Waals surface area contributed by atoms with E-state index in [1.54, 1.807) is 41.3 Å². The Hall–Kier alpha value is -2.53. The number of hydrogen-bond donors (Lipinski definition) is 0. The molecule has 0 radical (unpaired) electrons. The van der Waals surface area contributed by atoms with Crippen LogP contribution in [0.25, 0.3) is 0 Å². The van der Waals surface area contributed by atoms with Gasteiger partial charge in [-0.15, -0.1) is 0 Å². The van der Waals surface area contributed by atoms with Crippen molar-refractivity contribution < 1.29 is 18.7 Å². The summed E-state index contributed by atoms with van der Waals surface area (Å²) >= 11 is 0. The third-order valence-corrected chi connectivity index (χ3v) is 4.30. The second-order valence-electron chi connectivity index (χ2n) is 6.04. The van der Waals surface area contributed by atoms with E-state index < -0.39 is 0 Å². The predicted octanol–water partition coefficient (Wildman–Crippen LogP) is 3.39. The summed E-state index contributed by atoms with van der Waals surface area (Å²) in [6.45, 7) is 1.27. The average molecular weight is 341 g/mol. The van der Waals surface area contributed by atoms with E-state index in [2.05, 4.69) is 0 Å². The fraction of sp³-hybridized carbons (Fsp3) is 0.300. The summed E-state index contributed by atoms with van der Waals surface area (Å²) in [5, 5.41) is 0. The lowest BCUT2D eigenvalue weighted by molar-refractivity contribution is -0.139. The van der Waals surface area contributed by atoms with Crippen molar-refractivity contribution in [3.05, 3.63) is 71.5 Å². The largest absolute Gasteiger partial charge is 0.370 e. The summed E-state index contributed by atoms with van der Waals surface area (Å²) in [6.07, 6.45) is 0.0206. The number of rotatable bonds is 5. The topological polar surface area (TPSA) is 46.6 Å². The summed E-state index contributed by atoms with van der Waals surface area (Å²) in [4.78, 5) is 26.2. The van der Waals surface area contributed by atoms with Gasteiger partial charge in [0.15, 0.2) is 5.78 Å². The van der Waals surface area contributed by atoms with Crippen LogP contribution in [0.4, 0.5) is 4.39 Å². The van der Waals surface area contributed by atoms with Gasteiger partial charge < -0.3 is 9.64 Å². The van der Waals surface area contributed by atoms with Crippen LogP contribution in [0.15, 0.2) is 54.6 Å². The van der Waals surface area contributed by atoms with Gasteiger partial charge in [0.25, 0.3) is 0 Å². The van der Waals surface area contributed by atoms with Gasteiger partial charge in [-0.1, -0.05) is 42.5 Å². The number of nitrogens with zero attached hydrogens (tertiary/aromatic N) is 1. The Morgan fingerprint density at radius 3 is 2.64 bits per heavy atom. The number of benzene rings is 2. The van der Waals surface area contributed by atoms with Crippen LogP contribution in [0.2, 0.25) is 0 Å². The van der Waals surface area contributed by atoms with E-state index in [1.807, 2.05) is 6.07 Å². The monoisotopic (exact) mass is 341 g/mol. The molecule has 2 aromatic rings. The number of carbonyl (C=O) groups is 2. The molecule has 1 saturated heterocycles. The standard InChI is InChI=1S/C20H20FNO3/c21-17-8-4-7-16(13-17)19-14-22(11-12-25-19)20(24)10-9-18(23)15-5-2-1-3-6-15/h1-8,13,19H,9-12,14H2/t19-/m1/s1. The summed E-state index contributed by atoms with van der Waals surface area (Å²) in [6, 6.07) is 15.2. The van der Waals surface area contributed by atoms with E-state index in [0.29, 0.717) is 25.3 Å². The molecule has 1 atom stereocenters. The molecular formula is C20H20FNO3. The van der Waals surface area contributed by atoms with Crippen LogP contribution in [-0.4, -0.2) is 36.3 Å². The van der Waals surface area contributed by atoms with Crippen molar-refractivity contribution in [1.82, 2.24) is 4.90 Å². The summed E-state index contributed by atoms with van der Waals surface area (Å²) < 4.78 is 19.0. The molecule has 4 nitrogen and oxygen atoms in total. The molecule has 0 bridgehead atoms. The van der Waals surface area contributed by atoms with Gasteiger partial charge in [0.05, 0.1) is 13.2 Å². The Kier molecular flexibility index (Phi) is 5.56. The minimum absolute atomic E-state index is 0.0381. The van der Waals surface area contributed by atoms with Crippen molar-refractivity contribution in [3.63, 3.8) is 0 Å². The summed E-state index contributed by atoms with van der Waals surface area (Å²) in [5.41, 5.74) is 1.34. The average Bonchev–Trinajstić information content (AvgIpc) is 2.66. The minimum atomic E-state index is -0.335. The number of ketones is 1. The fourth-order valence-corrected chi connectivity index (χ4v) is 2.93. The van der Waals surface area contributed by atoms with Gasteiger partial charge in [0.1, 0.15) is 11.9 Å². The zero-order valence-corrected chi connectivity index (χ0v) is 13.9. The number of amides is 1. The molecular weight excluding hydrogens is 321 g/mol. The highest BCUT2D eigenvalue weighted by molar-refractivity contribution is 5.97. The number of Topliss-reactive ketones (excluding diaryl/α,β-unsaturated/α-hetero) is 1. The maximum absolute atomic E-state index is 13.4. The number of carbonyl (C=O) groups excluding carboxylic acids is 2. The second-order valence-corrected chi connectivity index (χ2v) is 6.04. The van der Waals surface area contributed by atoms with E-state index in [4.69, 9.17) is 4.74 Å².